The van der Waals surface area contributed by atoms with Crippen LogP contribution in [0, 0.1) is 6.92 Å². The van der Waals surface area contributed by atoms with Crippen LogP contribution in [0.15, 0.2) is 0 Å². The minimum Gasteiger partial charge on any atom is -0.493 e. The van der Waals surface area contributed by atoms with Gasteiger partial charge in [-0.1, -0.05) is 0 Å². The summed E-state index contributed by atoms with van der Waals surface area (Å²) in [6.45, 7) is 3.79. The van der Waals surface area contributed by atoms with Crippen LogP contribution in [0.2, 0.25) is 0 Å². The van der Waals surface area contributed by atoms with E-state index in [1.54, 1.807) is 13.8 Å². The molecule has 0 aromatic carbocycles. The van der Waals surface area contributed by atoms with Gasteiger partial charge in [-0.3, -0.25) is 4.79 Å². The Morgan fingerprint density at radius 1 is 1.69 bits per heavy atom. The molecule has 0 aliphatic carbocycles. The first-order chi connectivity index (χ1) is 6.15. The van der Waals surface area contributed by atoms with Crippen LogP contribution in [0.3, 0.4) is 0 Å². The number of nitrogens with zero attached hydrogens (tertiary/aromatic N) is 1. The number of carbonyl (C=O) groups excluding carboxylic acids is 1. The third kappa shape index (κ3) is 2.21. The van der Waals surface area contributed by atoms with Crippen LogP contribution in [-0.4, -0.2) is 27.9 Å². The van der Waals surface area contributed by atoms with E-state index in [4.69, 9.17) is 4.74 Å². The number of aromatic hydroxyl groups is 1. The summed E-state index contributed by atoms with van der Waals surface area (Å²) in [4.78, 5) is 11.0. The second-order valence-corrected chi connectivity index (χ2v) is 2.62. The molecule has 1 aromatic rings. The molecule has 0 fully saturated rings. The fourth-order valence-corrected chi connectivity index (χ4v) is 1.01. The minimum absolute atomic E-state index is 0.0575. The Morgan fingerprint density at radius 3 is 2.85 bits per heavy atom. The molecule has 1 rings (SSSR count). The Bertz CT molecular complexity index is 287. The number of H-pyrrole nitrogens is 1. The van der Waals surface area contributed by atoms with Gasteiger partial charge in [0, 0.05) is 5.56 Å². The number of carbonyl (C=O) groups is 1. The molecule has 0 radical (unpaired) electrons. The zero-order valence-electron chi connectivity index (χ0n) is 7.63. The highest BCUT2D eigenvalue weighted by Crippen LogP contribution is 2.17. The maximum atomic E-state index is 11.0. The molecule has 0 aliphatic heterocycles. The van der Waals surface area contributed by atoms with Crippen molar-refractivity contribution in [2.45, 2.75) is 20.3 Å². The number of hydrogen-bond acceptors (Lipinski definition) is 4. The second-order valence-electron chi connectivity index (χ2n) is 2.62. The van der Waals surface area contributed by atoms with Gasteiger partial charge in [0.05, 0.1) is 18.7 Å². The number of ether oxygens (including phenoxy) is 1. The SMILES string of the molecule is CCOC(=O)Cc1c(C)n[nH]c1O. The summed E-state index contributed by atoms with van der Waals surface area (Å²) in [6.07, 6.45) is 0.0575. The number of aromatic nitrogens is 2. The molecule has 2 N–H and O–H groups in total. The van der Waals surface area contributed by atoms with Crippen LogP contribution in [0.5, 0.6) is 5.88 Å². The van der Waals surface area contributed by atoms with Crippen LogP contribution in [0.1, 0.15) is 18.2 Å². The molecule has 0 amide bonds. The van der Waals surface area contributed by atoms with E-state index < -0.39 is 0 Å². The molecular weight excluding hydrogens is 172 g/mol. The summed E-state index contributed by atoms with van der Waals surface area (Å²) in [5.74, 6) is -0.423. The fraction of sp³-hybridized carbons (Fsp3) is 0.500. The molecular formula is C8H12N2O3. The monoisotopic (exact) mass is 184 g/mol. The van der Waals surface area contributed by atoms with E-state index >= 15 is 0 Å². The van der Waals surface area contributed by atoms with Crippen LogP contribution >= 0.6 is 0 Å². The molecule has 0 atom stereocenters. The Hall–Kier alpha value is -1.52. The van der Waals surface area contributed by atoms with E-state index in [9.17, 15) is 9.90 Å². The standard InChI is InChI=1S/C8H12N2O3/c1-3-13-7(11)4-6-5(2)9-10-8(6)12/h3-4H2,1-2H3,(H2,9,10,12). The number of aromatic amines is 1. The quantitative estimate of drug-likeness (QED) is 0.672. The number of aryl methyl sites for hydroxylation is 1. The average Bonchev–Trinajstić information content (AvgIpc) is 2.36. The predicted octanol–water partition coefficient (Wildman–Crippen LogP) is 0.529. The van der Waals surface area contributed by atoms with Crippen molar-refractivity contribution in [3.63, 3.8) is 0 Å². The highest BCUT2D eigenvalue weighted by atomic mass is 16.5. The normalized spacial score (nSPS) is 10.0. The van der Waals surface area contributed by atoms with Crippen molar-refractivity contribution in [1.29, 1.82) is 0 Å². The number of hydrogen-bond donors (Lipinski definition) is 2. The van der Waals surface area contributed by atoms with Crippen LogP contribution in [0.4, 0.5) is 0 Å². The average molecular weight is 184 g/mol. The molecule has 5 nitrogen and oxygen atoms in total. The number of rotatable bonds is 3. The molecule has 0 aliphatic rings. The third-order valence-corrected chi connectivity index (χ3v) is 1.68. The largest absolute Gasteiger partial charge is 0.493 e. The van der Waals surface area contributed by atoms with E-state index in [-0.39, 0.29) is 18.3 Å². The Morgan fingerprint density at radius 2 is 2.38 bits per heavy atom. The predicted molar refractivity (Wildman–Crippen MR) is 45.3 cm³/mol. The maximum Gasteiger partial charge on any atom is 0.310 e. The van der Waals surface area contributed by atoms with Crippen molar-refractivity contribution in [3.8, 4) is 5.88 Å². The zero-order chi connectivity index (χ0) is 9.84. The lowest BCUT2D eigenvalue weighted by molar-refractivity contribution is -0.142. The van der Waals surface area contributed by atoms with Crippen molar-refractivity contribution >= 4 is 5.97 Å². The maximum absolute atomic E-state index is 11.0. The summed E-state index contributed by atoms with van der Waals surface area (Å²) in [5, 5.41) is 15.4. The summed E-state index contributed by atoms with van der Waals surface area (Å²) in [7, 11) is 0. The highest BCUT2D eigenvalue weighted by molar-refractivity contribution is 5.73. The summed E-state index contributed by atoms with van der Waals surface area (Å²) >= 11 is 0. The Kier molecular flexibility index (Phi) is 2.89. The van der Waals surface area contributed by atoms with Crippen LogP contribution < -0.4 is 0 Å². The molecule has 1 aromatic heterocycles. The summed E-state index contributed by atoms with van der Waals surface area (Å²) in [6, 6.07) is 0. The van der Waals surface area contributed by atoms with E-state index in [1.807, 2.05) is 0 Å². The van der Waals surface area contributed by atoms with E-state index in [0.717, 1.165) is 0 Å². The van der Waals surface area contributed by atoms with Crippen molar-refractivity contribution in [2.75, 3.05) is 6.61 Å². The van der Waals surface area contributed by atoms with Gasteiger partial charge in [-0.15, -0.1) is 0 Å². The second kappa shape index (κ2) is 3.93. The molecule has 5 heteroatoms. The molecule has 0 spiro atoms. The minimum atomic E-state index is -0.359. The van der Waals surface area contributed by atoms with E-state index in [0.29, 0.717) is 17.9 Å². The van der Waals surface area contributed by atoms with Gasteiger partial charge in [-0.2, -0.15) is 5.10 Å². The molecule has 1 heterocycles. The van der Waals surface area contributed by atoms with Crippen molar-refractivity contribution in [2.24, 2.45) is 0 Å². The van der Waals surface area contributed by atoms with Gasteiger partial charge in [-0.25, -0.2) is 5.10 Å². The van der Waals surface area contributed by atoms with E-state index in [1.165, 1.54) is 0 Å². The Labute approximate surface area is 75.7 Å². The van der Waals surface area contributed by atoms with Crippen molar-refractivity contribution in [1.82, 2.24) is 10.2 Å². The van der Waals surface area contributed by atoms with Gasteiger partial charge in [0.25, 0.3) is 0 Å². The molecule has 0 saturated heterocycles. The summed E-state index contributed by atoms with van der Waals surface area (Å²) in [5.41, 5.74) is 1.11. The molecule has 13 heavy (non-hydrogen) atoms. The lowest BCUT2D eigenvalue weighted by atomic mass is 10.2. The van der Waals surface area contributed by atoms with Crippen molar-refractivity contribution in [3.05, 3.63) is 11.3 Å². The van der Waals surface area contributed by atoms with Gasteiger partial charge >= 0.3 is 5.97 Å². The van der Waals surface area contributed by atoms with Gasteiger partial charge < -0.3 is 9.84 Å². The molecule has 72 valence electrons. The van der Waals surface area contributed by atoms with Gasteiger partial charge in [0.15, 0.2) is 0 Å². The third-order valence-electron chi connectivity index (χ3n) is 1.68. The molecule has 0 unspecified atom stereocenters. The van der Waals surface area contributed by atoms with Crippen LogP contribution in [0.25, 0.3) is 0 Å². The first kappa shape index (κ1) is 9.57. The van der Waals surface area contributed by atoms with E-state index in [2.05, 4.69) is 10.2 Å². The smallest absolute Gasteiger partial charge is 0.310 e. The van der Waals surface area contributed by atoms with Gasteiger partial charge in [0.1, 0.15) is 0 Å². The topological polar surface area (TPSA) is 75.2 Å². The number of esters is 1. The molecule has 0 bridgehead atoms. The van der Waals surface area contributed by atoms with Crippen LogP contribution in [-0.2, 0) is 16.0 Å². The zero-order valence-corrected chi connectivity index (χ0v) is 7.63. The lowest BCUT2D eigenvalue weighted by Gasteiger charge is -2.00. The van der Waals surface area contributed by atoms with Gasteiger partial charge in [0.2, 0.25) is 5.88 Å². The molecule has 0 saturated carbocycles. The first-order valence-corrected chi connectivity index (χ1v) is 4.03. The van der Waals surface area contributed by atoms with Crippen molar-refractivity contribution < 1.29 is 14.6 Å². The van der Waals surface area contributed by atoms with Gasteiger partial charge in [-0.05, 0) is 13.8 Å². The lowest BCUT2D eigenvalue weighted by Crippen LogP contribution is -2.07. The highest BCUT2D eigenvalue weighted by Gasteiger charge is 2.13. The number of nitrogens with one attached hydrogen (secondary N) is 1. The summed E-state index contributed by atoms with van der Waals surface area (Å²) < 4.78 is 4.73. The Balaban J connectivity index is 2.68. The first-order valence-electron chi connectivity index (χ1n) is 4.03. The fourth-order valence-electron chi connectivity index (χ4n) is 1.01.